The fourth-order valence-corrected chi connectivity index (χ4v) is 4.46. The lowest BCUT2D eigenvalue weighted by molar-refractivity contribution is -0.135. The molecule has 2 atom stereocenters. The van der Waals surface area contributed by atoms with Gasteiger partial charge in [-0.15, -0.1) is 0 Å². The van der Waals surface area contributed by atoms with Crippen LogP contribution in [0.5, 0.6) is 0 Å². The van der Waals surface area contributed by atoms with Crippen LogP contribution >= 0.6 is 12.2 Å². The summed E-state index contributed by atoms with van der Waals surface area (Å²) in [7, 11) is 1.83. The predicted molar refractivity (Wildman–Crippen MR) is 113 cm³/mol. The van der Waals surface area contributed by atoms with Crippen LogP contribution in [0.15, 0.2) is 0 Å². The first-order valence-corrected chi connectivity index (χ1v) is 10.9. The molecule has 0 spiro atoms. The monoisotopic (exact) mass is 396 g/mol. The number of likely N-dealkylation sites (N-methyl/N-ethyl adjacent to an activating group) is 1. The van der Waals surface area contributed by atoms with Gasteiger partial charge in [0, 0.05) is 31.6 Å². The first kappa shape index (κ1) is 22.1. The van der Waals surface area contributed by atoms with Gasteiger partial charge in [-0.3, -0.25) is 9.59 Å². The van der Waals surface area contributed by atoms with E-state index < -0.39 is 0 Å². The number of hydrogen-bond acceptors (Lipinski definition) is 4. The average molecular weight is 397 g/mol. The molecule has 1 aliphatic carbocycles. The molecule has 2 fully saturated rings. The predicted octanol–water partition coefficient (Wildman–Crippen LogP) is 1.83. The highest BCUT2D eigenvalue weighted by Gasteiger charge is 2.35. The molecule has 0 radical (unpaired) electrons. The van der Waals surface area contributed by atoms with Crippen molar-refractivity contribution in [3.63, 3.8) is 0 Å². The van der Waals surface area contributed by atoms with Crippen LogP contribution < -0.4 is 16.0 Å². The molecule has 2 aliphatic rings. The number of hydrogen-bond donors (Lipinski definition) is 3. The van der Waals surface area contributed by atoms with Crippen LogP contribution in [0, 0.1) is 11.8 Å². The van der Waals surface area contributed by atoms with Gasteiger partial charge >= 0.3 is 0 Å². The minimum atomic E-state index is -0.340. The van der Waals surface area contributed by atoms with Gasteiger partial charge in [0.1, 0.15) is 6.04 Å². The van der Waals surface area contributed by atoms with E-state index in [2.05, 4.69) is 22.9 Å². The van der Waals surface area contributed by atoms with Gasteiger partial charge in [0.25, 0.3) is 0 Å². The summed E-state index contributed by atoms with van der Waals surface area (Å²) in [6, 6.07) is -0.243. The summed E-state index contributed by atoms with van der Waals surface area (Å²) in [4.78, 5) is 27.7. The van der Waals surface area contributed by atoms with Gasteiger partial charge in [-0.25, -0.2) is 0 Å². The lowest BCUT2D eigenvalue weighted by Gasteiger charge is -2.35. The second kappa shape index (κ2) is 11.0. The topological polar surface area (TPSA) is 73.5 Å². The normalized spacial score (nSPS) is 25.6. The number of likely N-dealkylation sites (tertiary alicyclic amines) is 1. The Morgan fingerprint density at radius 2 is 2.04 bits per heavy atom. The SMILES string of the molecule is CCCC[C@H]1C[C@H](C(=O)NCC2CCCN2C(=O)[C@H](C)NC(=S)CNC)C1. The minimum absolute atomic E-state index is 0.0634. The van der Waals surface area contributed by atoms with Crippen molar-refractivity contribution in [1.29, 1.82) is 0 Å². The van der Waals surface area contributed by atoms with Crippen LogP contribution in [0.2, 0.25) is 0 Å². The Kier molecular flexibility index (Phi) is 8.96. The summed E-state index contributed by atoms with van der Waals surface area (Å²) >= 11 is 5.22. The number of thiocarbonyl (C=S) groups is 1. The maximum absolute atomic E-state index is 12.8. The molecular formula is C20H36N4O2S. The number of carbonyl (C=O) groups is 2. The van der Waals surface area contributed by atoms with E-state index in [0.29, 0.717) is 18.1 Å². The smallest absolute Gasteiger partial charge is 0.245 e. The molecule has 0 aromatic rings. The molecule has 0 aromatic heterocycles. The van der Waals surface area contributed by atoms with Crippen molar-refractivity contribution in [2.24, 2.45) is 11.8 Å². The van der Waals surface area contributed by atoms with Crippen LogP contribution in [-0.2, 0) is 9.59 Å². The third-order valence-electron chi connectivity index (χ3n) is 5.83. The van der Waals surface area contributed by atoms with Gasteiger partial charge in [-0.1, -0.05) is 38.4 Å². The van der Waals surface area contributed by atoms with Crippen LogP contribution in [0.1, 0.15) is 58.8 Å². The van der Waals surface area contributed by atoms with Crippen LogP contribution in [0.25, 0.3) is 0 Å². The highest BCUT2D eigenvalue weighted by molar-refractivity contribution is 7.80. The molecule has 1 saturated carbocycles. The van der Waals surface area contributed by atoms with E-state index in [4.69, 9.17) is 12.2 Å². The Bertz CT molecular complexity index is 522. The zero-order valence-electron chi connectivity index (χ0n) is 17.1. The van der Waals surface area contributed by atoms with Crippen LogP contribution in [0.3, 0.4) is 0 Å². The van der Waals surface area contributed by atoms with E-state index in [1.54, 1.807) is 0 Å². The Labute approximate surface area is 169 Å². The summed E-state index contributed by atoms with van der Waals surface area (Å²) in [6.45, 7) is 5.94. The standard InChI is InChI=1S/C20H36N4O2S/c1-4-5-7-15-10-16(11-15)19(25)22-12-17-8-6-9-24(17)20(26)14(2)23-18(27)13-21-3/h14-17,21H,4-13H2,1-3H3,(H,22,25)(H,23,27)/t14-,15-,16-,17?/m0/s1. The summed E-state index contributed by atoms with van der Waals surface area (Å²) in [6.07, 6.45) is 7.75. The first-order chi connectivity index (χ1) is 13.0. The highest BCUT2D eigenvalue weighted by Crippen LogP contribution is 2.37. The Morgan fingerprint density at radius 1 is 1.30 bits per heavy atom. The maximum atomic E-state index is 12.8. The second-order valence-corrected chi connectivity index (χ2v) is 8.56. The van der Waals surface area contributed by atoms with Crippen molar-refractivity contribution in [2.75, 3.05) is 26.7 Å². The van der Waals surface area contributed by atoms with E-state index in [1.807, 2.05) is 18.9 Å². The Hall–Kier alpha value is -1.21. The molecule has 0 aromatic carbocycles. The maximum Gasteiger partial charge on any atom is 0.245 e. The number of nitrogens with one attached hydrogen (secondary N) is 3. The Morgan fingerprint density at radius 3 is 2.70 bits per heavy atom. The molecule has 6 nitrogen and oxygen atoms in total. The van der Waals surface area contributed by atoms with Crippen LogP contribution in [0.4, 0.5) is 0 Å². The molecule has 7 heteroatoms. The third-order valence-corrected chi connectivity index (χ3v) is 6.09. The Balaban J connectivity index is 1.73. The molecule has 1 unspecified atom stereocenters. The van der Waals surface area contributed by atoms with Crippen LogP contribution in [-0.4, -0.2) is 60.5 Å². The van der Waals surface area contributed by atoms with Crippen molar-refractivity contribution in [2.45, 2.75) is 70.9 Å². The zero-order chi connectivity index (χ0) is 19.8. The van der Waals surface area contributed by atoms with Gasteiger partial charge < -0.3 is 20.9 Å². The third kappa shape index (κ3) is 6.42. The van der Waals surface area contributed by atoms with Gasteiger partial charge in [0.2, 0.25) is 11.8 Å². The van der Waals surface area contributed by atoms with Gasteiger partial charge in [-0.05, 0) is 45.6 Å². The molecule has 1 heterocycles. The fourth-order valence-electron chi connectivity index (χ4n) is 4.14. The molecule has 1 saturated heterocycles. The first-order valence-electron chi connectivity index (χ1n) is 10.5. The van der Waals surface area contributed by atoms with Crippen molar-refractivity contribution in [3.05, 3.63) is 0 Å². The van der Waals surface area contributed by atoms with E-state index in [1.165, 1.54) is 19.3 Å². The number of amides is 2. The summed E-state index contributed by atoms with van der Waals surface area (Å²) in [5.41, 5.74) is 0. The molecule has 2 rings (SSSR count). The molecule has 1 aliphatic heterocycles. The van der Waals surface area contributed by atoms with Crippen molar-refractivity contribution >= 4 is 29.0 Å². The van der Waals surface area contributed by atoms with Crippen molar-refractivity contribution in [1.82, 2.24) is 20.9 Å². The molecule has 0 bridgehead atoms. The molecule has 2 amide bonds. The molecular weight excluding hydrogens is 360 g/mol. The number of rotatable bonds is 10. The minimum Gasteiger partial charge on any atom is -0.367 e. The number of nitrogens with zero attached hydrogens (tertiary/aromatic N) is 1. The number of unbranched alkanes of at least 4 members (excludes halogenated alkanes) is 1. The molecule has 3 N–H and O–H groups in total. The van der Waals surface area contributed by atoms with E-state index in [0.717, 1.165) is 38.1 Å². The van der Waals surface area contributed by atoms with Gasteiger partial charge in [-0.2, -0.15) is 0 Å². The van der Waals surface area contributed by atoms with E-state index >= 15 is 0 Å². The number of carbonyl (C=O) groups excluding carboxylic acids is 2. The summed E-state index contributed by atoms with van der Waals surface area (Å²) in [5.74, 6) is 1.15. The van der Waals surface area contributed by atoms with E-state index in [9.17, 15) is 9.59 Å². The quantitative estimate of drug-likeness (QED) is 0.492. The highest BCUT2D eigenvalue weighted by atomic mass is 32.1. The van der Waals surface area contributed by atoms with Crippen molar-refractivity contribution in [3.8, 4) is 0 Å². The average Bonchev–Trinajstić information content (AvgIpc) is 3.06. The summed E-state index contributed by atoms with van der Waals surface area (Å²) < 4.78 is 0. The zero-order valence-corrected chi connectivity index (χ0v) is 17.9. The van der Waals surface area contributed by atoms with Gasteiger partial charge in [0.05, 0.1) is 4.99 Å². The van der Waals surface area contributed by atoms with Crippen molar-refractivity contribution < 1.29 is 9.59 Å². The lowest BCUT2D eigenvalue weighted by Crippen LogP contribution is -2.52. The lowest BCUT2D eigenvalue weighted by atomic mass is 9.72. The largest absolute Gasteiger partial charge is 0.367 e. The van der Waals surface area contributed by atoms with E-state index in [-0.39, 0.29) is 29.8 Å². The van der Waals surface area contributed by atoms with Gasteiger partial charge in [0.15, 0.2) is 0 Å². The molecule has 27 heavy (non-hydrogen) atoms. The summed E-state index contributed by atoms with van der Waals surface area (Å²) in [5, 5.41) is 9.17. The second-order valence-electron chi connectivity index (χ2n) is 8.07. The molecule has 154 valence electrons. The fraction of sp³-hybridized carbons (Fsp3) is 0.850.